The second-order valence-corrected chi connectivity index (χ2v) is 9.00. The molecule has 0 aliphatic heterocycles. The molecule has 4 rings (SSSR count). The van der Waals surface area contributed by atoms with Crippen LogP contribution in [-0.2, 0) is 11.3 Å². The van der Waals surface area contributed by atoms with Crippen molar-refractivity contribution in [1.82, 2.24) is 19.5 Å². The summed E-state index contributed by atoms with van der Waals surface area (Å²) in [5, 5.41) is 9.67. The Kier molecular flexibility index (Phi) is 8.00. The summed E-state index contributed by atoms with van der Waals surface area (Å²) in [6.07, 6.45) is 3.84. The molecule has 10 nitrogen and oxygen atoms in total. The number of hydrogen-bond acceptors (Lipinski definition) is 8. The first-order valence-corrected chi connectivity index (χ1v) is 12.1. The average molecular weight is 535 g/mol. The molecule has 196 valence electrons. The van der Waals surface area contributed by atoms with Crippen molar-refractivity contribution in [2.75, 3.05) is 19.5 Å². The molecule has 0 radical (unpaired) electrons. The molecule has 0 spiro atoms. The number of rotatable bonds is 8. The zero-order valence-corrected chi connectivity index (χ0v) is 21.9. The summed E-state index contributed by atoms with van der Waals surface area (Å²) >= 11 is 6.47. The van der Waals surface area contributed by atoms with Gasteiger partial charge in [0.1, 0.15) is 28.3 Å². The number of halogens is 1. The monoisotopic (exact) mass is 534 g/mol. The van der Waals surface area contributed by atoms with Gasteiger partial charge in [0.05, 0.1) is 36.9 Å². The van der Waals surface area contributed by atoms with Gasteiger partial charge >= 0.3 is 5.97 Å². The number of carbonyl (C=O) groups is 1. The second kappa shape index (κ2) is 11.4. The van der Waals surface area contributed by atoms with Gasteiger partial charge in [0.15, 0.2) is 0 Å². The van der Waals surface area contributed by atoms with Crippen LogP contribution in [-0.4, -0.2) is 50.4 Å². The Bertz CT molecular complexity index is 1560. The smallest absolute Gasteiger partial charge is 0.320 e. The fraction of sp³-hybridized carbons (Fsp3) is 0.259. The number of carboxylic acid groups (broad SMARTS) is 1. The van der Waals surface area contributed by atoms with E-state index in [1.807, 2.05) is 24.6 Å². The van der Waals surface area contributed by atoms with Crippen molar-refractivity contribution in [3.63, 3.8) is 0 Å². The maximum Gasteiger partial charge on any atom is 0.320 e. The van der Waals surface area contributed by atoms with Crippen LogP contribution >= 0.6 is 11.6 Å². The third kappa shape index (κ3) is 5.80. The SMILES string of the molecule is COc1c(C)cnc(Cn2cc(C#Cc3ccc(OCCC(N)C(=O)O)cc3)c3c(Cl)nc(N)nc32)c1C. The molecule has 3 aromatic heterocycles. The molecule has 11 heteroatoms. The molecule has 3 heterocycles. The molecule has 38 heavy (non-hydrogen) atoms. The number of nitrogens with zero attached hydrogens (tertiary/aromatic N) is 4. The molecule has 5 N–H and O–H groups in total. The van der Waals surface area contributed by atoms with Gasteiger partial charge in [0.2, 0.25) is 5.95 Å². The summed E-state index contributed by atoms with van der Waals surface area (Å²) in [7, 11) is 1.64. The van der Waals surface area contributed by atoms with Gasteiger partial charge in [-0.3, -0.25) is 9.78 Å². The predicted octanol–water partition coefficient (Wildman–Crippen LogP) is 3.32. The number of ether oxygens (including phenoxy) is 2. The number of aromatic nitrogens is 4. The average Bonchev–Trinajstić information content (AvgIpc) is 3.22. The van der Waals surface area contributed by atoms with Crippen molar-refractivity contribution in [3.05, 3.63) is 69.8 Å². The third-order valence-corrected chi connectivity index (χ3v) is 6.24. The highest BCUT2D eigenvalue weighted by Crippen LogP contribution is 2.29. The fourth-order valence-electron chi connectivity index (χ4n) is 3.97. The first-order valence-electron chi connectivity index (χ1n) is 11.7. The number of benzene rings is 1. The van der Waals surface area contributed by atoms with Gasteiger partial charge < -0.3 is 30.6 Å². The van der Waals surface area contributed by atoms with Crippen LogP contribution < -0.4 is 20.9 Å². The molecule has 0 saturated carbocycles. The summed E-state index contributed by atoms with van der Waals surface area (Å²) in [5.41, 5.74) is 16.0. The minimum atomic E-state index is -1.06. The van der Waals surface area contributed by atoms with E-state index in [9.17, 15) is 4.79 Å². The minimum absolute atomic E-state index is 0.0624. The minimum Gasteiger partial charge on any atom is -0.496 e. The molecule has 1 unspecified atom stereocenters. The highest BCUT2D eigenvalue weighted by Gasteiger charge is 2.17. The number of carboxylic acids is 1. The zero-order chi connectivity index (χ0) is 27.4. The molecule has 0 aliphatic carbocycles. The van der Waals surface area contributed by atoms with Crippen LogP contribution in [0.3, 0.4) is 0 Å². The van der Waals surface area contributed by atoms with E-state index in [0.29, 0.717) is 28.9 Å². The van der Waals surface area contributed by atoms with Crippen molar-refractivity contribution in [2.45, 2.75) is 32.9 Å². The maximum absolute atomic E-state index is 10.8. The number of nitrogen functional groups attached to an aromatic ring is 1. The van der Waals surface area contributed by atoms with E-state index in [4.69, 9.17) is 37.6 Å². The first kappa shape index (κ1) is 26.7. The van der Waals surface area contributed by atoms with Crippen LogP contribution in [0.25, 0.3) is 11.0 Å². The summed E-state index contributed by atoms with van der Waals surface area (Å²) in [6, 6.07) is 6.17. The van der Waals surface area contributed by atoms with Gasteiger partial charge in [-0.2, -0.15) is 4.98 Å². The zero-order valence-electron chi connectivity index (χ0n) is 21.2. The summed E-state index contributed by atoms with van der Waals surface area (Å²) in [4.78, 5) is 23.9. The van der Waals surface area contributed by atoms with Crippen LogP contribution in [0, 0.1) is 25.7 Å². The van der Waals surface area contributed by atoms with E-state index in [1.54, 1.807) is 37.6 Å². The molecular formula is C27H27ClN6O4. The van der Waals surface area contributed by atoms with Crippen molar-refractivity contribution in [3.8, 4) is 23.3 Å². The van der Waals surface area contributed by atoms with Crippen LogP contribution in [0.2, 0.25) is 5.15 Å². The summed E-state index contributed by atoms with van der Waals surface area (Å²) in [5.74, 6) is 6.68. The number of pyridine rings is 1. The van der Waals surface area contributed by atoms with E-state index < -0.39 is 12.0 Å². The van der Waals surface area contributed by atoms with Crippen LogP contribution in [0.5, 0.6) is 11.5 Å². The van der Waals surface area contributed by atoms with Crippen molar-refractivity contribution >= 4 is 34.6 Å². The second-order valence-electron chi connectivity index (χ2n) is 8.64. The number of anilines is 1. The largest absolute Gasteiger partial charge is 0.496 e. The standard InChI is InChI=1S/C27H27ClN6O4/c1-15-12-31-21(16(2)23(15)37-3)14-34-13-18(22-24(28)32-27(30)33-25(22)34)7-4-17-5-8-19(9-6-17)38-11-10-20(29)26(35)36/h5-6,8-9,12-13,20H,10-11,14,29H2,1-3H3,(H,35,36)(H2,30,32,33). The Balaban J connectivity index is 1.61. The highest BCUT2D eigenvalue weighted by molar-refractivity contribution is 6.34. The van der Waals surface area contributed by atoms with E-state index in [-0.39, 0.29) is 24.1 Å². The van der Waals surface area contributed by atoms with Crippen molar-refractivity contribution < 1.29 is 19.4 Å². The van der Waals surface area contributed by atoms with Crippen LogP contribution in [0.1, 0.15) is 34.4 Å². The Hall–Kier alpha value is -4.33. The van der Waals surface area contributed by atoms with Gasteiger partial charge in [0, 0.05) is 35.5 Å². The first-order chi connectivity index (χ1) is 18.2. The van der Waals surface area contributed by atoms with E-state index in [1.165, 1.54) is 0 Å². The van der Waals surface area contributed by atoms with E-state index in [0.717, 1.165) is 28.1 Å². The molecule has 0 amide bonds. The number of nitrogens with two attached hydrogens (primary N) is 2. The lowest BCUT2D eigenvalue weighted by molar-refractivity contribution is -0.138. The molecule has 4 aromatic rings. The van der Waals surface area contributed by atoms with Gasteiger partial charge in [-0.05, 0) is 38.1 Å². The Morgan fingerprint density at radius 1 is 1.21 bits per heavy atom. The van der Waals surface area contributed by atoms with Crippen molar-refractivity contribution in [1.29, 1.82) is 0 Å². The lowest BCUT2D eigenvalue weighted by Gasteiger charge is -2.13. The maximum atomic E-state index is 10.8. The van der Waals surface area contributed by atoms with Gasteiger partial charge in [0.25, 0.3) is 0 Å². The molecule has 0 saturated heterocycles. The van der Waals surface area contributed by atoms with Gasteiger partial charge in [-0.25, -0.2) is 4.98 Å². The quantitative estimate of drug-likeness (QED) is 0.228. The summed E-state index contributed by atoms with van der Waals surface area (Å²) in [6.45, 7) is 4.51. The van der Waals surface area contributed by atoms with Gasteiger partial charge in [-0.1, -0.05) is 23.4 Å². The predicted molar refractivity (Wildman–Crippen MR) is 144 cm³/mol. The number of aryl methyl sites for hydroxylation is 1. The number of fused-ring (bicyclic) bond motifs is 1. The van der Waals surface area contributed by atoms with Crippen molar-refractivity contribution in [2.24, 2.45) is 5.73 Å². The molecule has 1 aromatic carbocycles. The number of aliphatic carboxylic acids is 1. The number of methoxy groups -OCH3 is 1. The normalized spacial score (nSPS) is 11.6. The molecule has 1 atom stereocenters. The summed E-state index contributed by atoms with van der Waals surface area (Å²) < 4.78 is 13.0. The third-order valence-electron chi connectivity index (χ3n) is 5.97. The van der Waals surface area contributed by atoms with Crippen LogP contribution in [0.4, 0.5) is 5.95 Å². The molecule has 0 fully saturated rings. The van der Waals surface area contributed by atoms with Gasteiger partial charge in [-0.15, -0.1) is 0 Å². The molecule has 0 bridgehead atoms. The Labute approximate surface area is 224 Å². The lowest BCUT2D eigenvalue weighted by atomic mass is 10.1. The lowest BCUT2D eigenvalue weighted by Crippen LogP contribution is -2.31. The van der Waals surface area contributed by atoms with Crippen LogP contribution in [0.15, 0.2) is 36.7 Å². The van der Waals surface area contributed by atoms with E-state index in [2.05, 4.69) is 26.8 Å². The number of hydrogen-bond donors (Lipinski definition) is 3. The Morgan fingerprint density at radius 2 is 1.95 bits per heavy atom. The molecular weight excluding hydrogens is 508 g/mol. The fourth-order valence-corrected chi connectivity index (χ4v) is 4.24. The topological polar surface area (TPSA) is 151 Å². The molecule has 0 aliphatic rings. The van der Waals surface area contributed by atoms with E-state index >= 15 is 0 Å². The Morgan fingerprint density at radius 3 is 2.63 bits per heavy atom. The highest BCUT2D eigenvalue weighted by atomic mass is 35.5.